The lowest BCUT2D eigenvalue weighted by atomic mass is 9.82. The minimum Gasteiger partial charge on any atom is -0.486 e. The maximum absolute atomic E-state index is 13.2. The summed E-state index contributed by atoms with van der Waals surface area (Å²) >= 11 is 0. The zero-order valence-electron chi connectivity index (χ0n) is 19.9. The number of aryl methyl sites for hydroxylation is 1. The van der Waals surface area contributed by atoms with Crippen molar-refractivity contribution in [1.29, 1.82) is 0 Å². The lowest BCUT2D eigenvalue weighted by molar-refractivity contribution is -0.136. The normalized spacial score (nSPS) is 23.9. The number of hydrogen-bond acceptors (Lipinski definition) is 6. The van der Waals surface area contributed by atoms with Gasteiger partial charge in [0.1, 0.15) is 23.0 Å². The van der Waals surface area contributed by atoms with Gasteiger partial charge in [-0.15, -0.1) is 0 Å². The number of amides is 4. The maximum atomic E-state index is 13.2. The van der Waals surface area contributed by atoms with Crippen LogP contribution in [0.5, 0.6) is 5.75 Å². The Morgan fingerprint density at radius 3 is 2.53 bits per heavy atom. The van der Waals surface area contributed by atoms with Gasteiger partial charge in [0.2, 0.25) is 11.8 Å². The smallest absolute Gasteiger partial charge is 0.410 e. The molecule has 4 aliphatic heterocycles. The molecule has 4 aliphatic rings. The third kappa shape index (κ3) is 4.01. The molecule has 0 radical (unpaired) electrons. The first-order chi connectivity index (χ1) is 16.1. The van der Waals surface area contributed by atoms with Gasteiger partial charge in [-0.05, 0) is 51.7 Å². The quantitative estimate of drug-likeness (QED) is 0.634. The molecule has 34 heavy (non-hydrogen) atoms. The van der Waals surface area contributed by atoms with Crippen LogP contribution in [0.2, 0.25) is 0 Å². The number of ether oxygens (including phenoxy) is 2. The largest absolute Gasteiger partial charge is 0.486 e. The van der Waals surface area contributed by atoms with Crippen molar-refractivity contribution < 1.29 is 28.7 Å². The van der Waals surface area contributed by atoms with Gasteiger partial charge in [0.15, 0.2) is 0 Å². The monoisotopic (exact) mass is 469 g/mol. The fourth-order valence-corrected chi connectivity index (χ4v) is 5.39. The highest BCUT2D eigenvalue weighted by atomic mass is 16.6. The molecule has 9 heteroatoms. The Kier molecular flexibility index (Phi) is 5.33. The number of carbonyl (C=O) groups is 4. The number of fused-ring (bicyclic) bond motifs is 3. The third-order valence-electron chi connectivity index (χ3n) is 7.24. The van der Waals surface area contributed by atoms with Crippen LogP contribution in [0.15, 0.2) is 12.1 Å². The van der Waals surface area contributed by atoms with Crippen LogP contribution in [0.3, 0.4) is 0 Å². The average Bonchev–Trinajstić information content (AvgIpc) is 3.10. The van der Waals surface area contributed by atoms with Crippen molar-refractivity contribution in [2.75, 3.05) is 13.1 Å². The van der Waals surface area contributed by atoms with E-state index in [1.165, 1.54) is 0 Å². The molecular weight excluding hydrogens is 438 g/mol. The Morgan fingerprint density at radius 2 is 1.85 bits per heavy atom. The van der Waals surface area contributed by atoms with E-state index in [1.54, 1.807) is 9.80 Å². The van der Waals surface area contributed by atoms with Crippen molar-refractivity contribution in [1.82, 2.24) is 15.1 Å². The molecule has 0 saturated carbocycles. The Bertz CT molecular complexity index is 1070. The second-order valence-electron chi connectivity index (χ2n) is 10.7. The number of likely N-dealkylation sites (tertiary alicyclic amines) is 1. The summed E-state index contributed by atoms with van der Waals surface area (Å²) in [6.07, 6.45) is 3.33. The van der Waals surface area contributed by atoms with Crippen LogP contribution >= 0.6 is 0 Å². The van der Waals surface area contributed by atoms with Crippen molar-refractivity contribution in [2.45, 2.75) is 83.1 Å². The highest BCUT2D eigenvalue weighted by Crippen LogP contribution is 2.45. The van der Waals surface area contributed by atoms with Gasteiger partial charge in [-0.1, -0.05) is 6.07 Å². The molecule has 9 nitrogen and oxygen atoms in total. The predicted octanol–water partition coefficient (Wildman–Crippen LogP) is 2.54. The topological polar surface area (TPSA) is 105 Å². The Labute approximate surface area is 198 Å². The summed E-state index contributed by atoms with van der Waals surface area (Å²) in [6.45, 7) is 6.98. The molecule has 4 amide bonds. The summed E-state index contributed by atoms with van der Waals surface area (Å²) < 4.78 is 12.2. The second kappa shape index (κ2) is 7.99. The predicted molar refractivity (Wildman–Crippen MR) is 121 cm³/mol. The molecule has 4 heterocycles. The summed E-state index contributed by atoms with van der Waals surface area (Å²) in [7, 11) is 0. The second-order valence-corrected chi connectivity index (χ2v) is 10.7. The summed E-state index contributed by atoms with van der Waals surface area (Å²) in [5.74, 6) is -0.170. The van der Waals surface area contributed by atoms with Crippen LogP contribution < -0.4 is 10.1 Å². The standard InChI is InChI=1S/C25H31N3O6/c1-24(2,3)34-23(32)27-12-10-25(11-13-27)9-8-15-4-5-16-17(20(15)33-25)14-28(22(16)31)18-6-7-19(29)26-21(18)30/h4-5,18H,6-14H2,1-3H3,(H,26,29,30). The number of nitrogens with zero attached hydrogens (tertiary/aromatic N) is 2. The van der Waals surface area contributed by atoms with Crippen molar-refractivity contribution in [3.05, 3.63) is 28.8 Å². The number of imide groups is 1. The van der Waals surface area contributed by atoms with E-state index in [2.05, 4.69) is 5.32 Å². The minimum atomic E-state index is -0.650. The van der Waals surface area contributed by atoms with Crippen LogP contribution in [-0.4, -0.2) is 63.9 Å². The first kappa shape index (κ1) is 22.7. The van der Waals surface area contributed by atoms with Crippen LogP contribution in [0, 0.1) is 0 Å². The van der Waals surface area contributed by atoms with Gasteiger partial charge in [0, 0.05) is 43.5 Å². The lowest BCUT2D eigenvalue weighted by Gasteiger charge is -2.45. The molecule has 1 atom stereocenters. The number of piperidine rings is 2. The maximum Gasteiger partial charge on any atom is 0.410 e. The lowest BCUT2D eigenvalue weighted by Crippen LogP contribution is -2.52. The van der Waals surface area contributed by atoms with E-state index >= 15 is 0 Å². The van der Waals surface area contributed by atoms with Gasteiger partial charge < -0.3 is 19.3 Å². The molecule has 1 aromatic carbocycles. The van der Waals surface area contributed by atoms with Crippen LogP contribution in [-0.2, 0) is 27.3 Å². The van der Waals surface area contributed by atoms with Gasteiger partial charge >= 0.3 is 6.09 Å². The number of rotatable bonds is 1. The van der Waals surface area contributed by atoms with E-state index in [1.807, 2.05) is 32.9 Å². The third-order valence-corrected chi connectivity index (χ3v) is 7.24. The highest BCUT2D eigenvalue weighted by molar-refractivity contribution is 6.05. The number of nitrogens with one attached hydrogen (secondary N) is 1. The molecule has 0 aliphatic carbocycles. The SMILES string of the molecule is CC(C)(C)OC(=O)N1CCC2(CCc3ccc4c(c3O2)CN(C2CCC(=O)NC2=O)C4=O)CC1. The Hall–Kier alpha value is -3.10. The summed E-state index contributed by atoms with van der Waals surface area (Å²) in [5, 5.41) is 2.34. The molecule has 1 unspecified atom stereocenters. The fraction of sp³-hybridized carbons (Fsp3) is 0.600. The zero-order chi connectivity index (χ0) is 24.3. The fourth-order valence-electron chi connectivity index (χ4n) is 5.39. The van der Waals surface area contributed by atoms with Crippen molar-refractivity contribution in [2.24, 2.45) is 0 Å². The average molecular weight is 470 g/mol. The van der Waals surface area contributed by atoms with Crippen molar-refractivity contribution in [3.63, 3.8) is 0 Å². The van der Waals surface area contributed by atoms with E-state index in [9.17, 15) is 19.2 Å². The van der Waals surface area contributed by atoms with Crippen LogP contribution in [0.25, 0.3) is 0 Å². The Balaban J connectivity index is 1.32. The van der Waals surface area contributed by atoms with Crippen molar-refractivity contribution in [3.8, 4) is 5.75 Å². The first-order valence-electron chi connectivity index (χ1n) is 12.0. The molecule has 1 N–H and O–H groups in total. The first-order valence-corrected chi connectivity index (χ1v) is 12.0. The van der Waals surface area contributed by atoms with E-state index in [0.717, 1.165) is 29.7 Å². The minimum absolute atomic E-state index is 0.199. The number of benzene rings is 1. The van der Waals surface area contributed by atoms with Gasteiger partial charge in [0.25, 0.3) is 5.91 Å². The Morgan fingerprint density at radius 1 is 1.12 bits per heavy atom. The molecule has 0 aromatic heterocycles. The molecule has 1 spiro atoms. The molecule has 1 aromatic rings. The van der Waals surface area contributed by atoms with Crippen molar-refractivity contribution >= 4 is 23.8 Å². The van der Waals surface area contributed by atoms with Crippen LogP contribution in [0.4, 0.5) is 4.79 Å². The summed E-state index contributed by atoms with van der Waals surface area (Å²) in [6, 6.07) is 3.13. The highest BCUT2D eigenvalue weighted by Gasteiger charge is 2.45. The molecule has 2 fully saturated rings. The van der Waals surface area contributed by atoms with Gasteiger partial charge in [-0.3, -0.25) is 19.7 Å². The molecule has 182 valence electrons. The zero-order valence-corrected chi connectivity index (χ0v) is 19.9. The molecule has 5 rings (SSSR count). The van der Waals surface area contributed by atoms with Gasteiger partial charge in [-0.25, -0.2) is 4.79 Å². The van der Waals surface area contributed by atoms with E-state index in [4.69, 9.17) is 9.47 Å². The summed E-state index contributed by atoms with van der Waals surface area (Å²) in [5.41, 5.74) is 1.53. The van der Waals surface area contributed by atoms with E-state index in [0.29, 0.717) is 44.5 Å². The van der Waals surface area contributed by atoms with Crippen LogP contribution in [0.1, 0.15) is 74.4 Å². The molecule has 2 saturated heterocycles. The summed E-state index contributed by atoms with van der Waals surface area (Å²) in [4.78, 5) is 52.9. The van der Waals surface area contributed by atoms with E-state index in [-0.39, 0.29) is 29.9 Å². The molecule has 0 bridgehead atoms. The van der Waals surface area contributed by atoms with Gasteiger partial charge in [0.05, 0.1) is 6.54 Å². The van der Waals surface area contributed by atoms with Gasteiger partial charge in [-0.2, -0.15) is 0 Å². The van der Waals surface area contributed by atoms with E-state index < -0.39 is 17.6 Å². The molecular formula is C25H31N3O6. The number of carbonyl (C=O) groups excluding carboxylic acids is 4. The number of hydrogen-bond donors (Lipinski definition) is 1.